The Morgan fingerprint density at radius 1 is 0.951 bits per heavy atom. The molecule has 1 spiro atoms. The Bertz CT molecular complexity index is 1740. The van der Waals surface area contributed by atoms with Crippen molar-refractivity contribution < 1.29 is 39.6 Å². The average Bonchev–Trinajstić information content (AvgIpc) is 3.60. The van der Waals surface area contributed by atoms with Gasteiger partial charge in [-0.15, -0.1) is 0 Å². The molecule has 210 valence electrons. The van der Waals surface area contributed by atoms with Crippen LogP contribution in [0.2, 0.25) is 0 Å². The Morgan fingerprint density at radius 2 is 1.73 bits per heavy atom. The number of aromatic nitrogens is 1. The third kappa shape index (κ3) is 4.21. The van der Waals surface area contributed by atoms with Crippen LogP contribution >= 0.6 is 0 Å². The predicted molar refractivity (Wildman–Crippen MR) is 130 cm³/mol. The van der Waals surface area contributed by atoms with E-state index in [4.69, 9.17) is 10.3 Å². The van der Waals surface area contributed by atoms with Gasteiger partial charge in [0.2, 0.25) is 0 Å². The van der Waals surface area contributed by atoms with Crippen LogP contribution in [0.1, 0.15) is 22.5 Å². The molecular formula is C27H15F8N5O. The number of hydrogen-bond donors (Lipinski definition) is 1. The Morgan fingerprint density at radius 3 is 2.46 bits per heavy atom. The number of nitrogens with zero attached hydrogens (tertiary/aromatic N) is 4. The van der Waals surface area contributed by atoms with Gasteiger partial charge in [0.15, 0.2) is 28.8 Å². The number of benzene rings is 2. The minimum atomic E-state index is -5.09. The lowest BCUT2D eigenvalue weighted by Gasteiger charge is -2.29. The molecule has 0 saturated carbocycles. The van der Waals surface area contributed by atoms with Crippen LogP contribution in [0, 0.1) is 11.6 Å². The lowest BCUT2D eigenvalue weighted by atomic mass is 9.86. The molecule has 1 unspecified atom stereocenters. The van der Waals surface area contributed by atoms with Crippen LogP contribution in [0.5, 0.6) is 0 Å². The quantitative estimate of drug-likeness (QED) is 0.366. The lowest BCUT2D eigenvalue weighted by molar-refractivity contribution is -0.142. The second-order valence-corrected chi connectivity index (χ2v) is 9.30. The van der Waals surface area contributed by atoms with E-state index < -0.39 is 46.2 Å². The van der Waals surface area contributed by atoms with Gasteiger partial charge in [0, 0.05) is 17.8 Å². The molecule has 3 heterocycles. The topological polar surface area (TPSA) is 80.0 Å². The first kappa shape index (κ1) is 26.5. The fraction of sp³-hybridized carbons (Fsp3) is 0.148. The second-order valence-electron chi connectivity index (χ2n) is 9.30. The third-order valence-electron chi connectivity index (χ3n) is 6.78. The number of rotatable bonds is 4. The maximum Gasteiger partial charge on any atom is 0.417 e. The van der Waals surface area contributed by atoms with Crippen molar-refractivity contribution in [2.24, 2.45) is 15.7 Å². The van der Waals surface area contributed by atoms with Crippen molar-refractivity contribution in [2.75, 3.05) is 0 Å². The Hall–Kier alpha value is -4.75. The molecule has 14 heteroatoms. The zero-order valence-corrected chi connectivity index (χ0v) is 20.4. The highest BCUT2D eigenvalue weighted by atomic mass is 19.4. The van der Waals surface area contributed by atoms with Gasteiger partial charge in [0.25, 0.3) is 0 Å². The Labute approximate surface area is 225 Å². The molecule has 3 aliphatic rings. The van der Waals surface area contributed by atoms with E-state index in [1.165, 1.54) is 24.4 Å². The molecule has 6 nitrogen and oxygen atoms in total. The van der Waals surface area contributed by atoms with Gasteiger partial charge in [-0.05, 0) is 36.4 Å². The monoisotopic (exact) mass is 577 g/mol. The Balaban J connectivity index is 1.32. The molecule has 1 atom stereocenters. The zero-order chi connectivity index (χ0) is 29.3. The van der Waals surface area contributed by atoms with E-state index in [0.29, 0.717) is 23.5 Å². The van der Waals surface area contributed by atoms with Crippen LogP contribution in [0.3, 0.4) is 0 Å². The molecule has 41 heavy (non-hydrogen) atoms. The summed E-state index contributed by atoms with van der Waals surface area (Å²) in [5, 5.41) is 3.66. The first-order valence-corrected chi connectivity index (χ1v) is 11.8. The molecule has 0 fully saturated rings. The maximum atomic E-state index is 14.5. The minimum absolute atomic E-state index is 0.0223. The fourth-order valence-electron chi connectivity index (χ4n) is 4.92. The summed E-state index contributed by atoms with van der Waals surface area (Å²) >= 11 is 0. The van der Waals surface area contributed by atoms with Crippen molar-refractivity contribution in [3.8, 4) is 11.3 Å². The van der Waals surface area contributed by atoms with Gasteiger partial charge < -0.3 is 15.2 Å². The number of aliphatic imine (C=N–C) groups is 2. The largest absolute Gasteiger partial charge is 0.417 e. The highest BCUT2D eigenvalue weighted by molar-refractivity contribution is 6.22. The van der Waals surface area contributed by atoms with Crippen molar-refractivity contribution in [1.29, 1.82) is 0 Å². The second kappa shape index (κ2) is 8.88. The van der Waals surface area contributed by atoms with Crippen LogP contribution in [0.25, 0.3) is 11.3 Å². The highest BCUT2D eigenvalue weighted by Crippen LogP contribution is 2.45. The van der Waals surface area contributed by atoms with Crippen molar-refractivity contribution in [1.82, 2.24) is 10.1 Å². The summed E-state index contributed by atoms with van der Waals surface area (Å²) in [7, 11) is 0. The van der Waals surface area contributed by atoms with E-state index in [0.717, 1.165) is 6.07 Å². The van der Waals surface area contributed by atoms with Crippen LogP contribution in [0.4, 0.5) is 35.1 Å². The molecule has 2 aromatic carbocycles. The Kier molecular flexibility index (Phi) is 5.73. The molecule has 1 aliphatic carbocycles. The number of allylic oxidation sites excluding steroid dienone is 2. The first-order chi connectivity index (χ1) is 19.3. The highest BCUT2D eigenvalue weighted by Gasteiger charge is 2.52. The molecule has 2 N–H and O–H groups in total. The van der Waals surface area contributed by atoms with Crippen LogP contribution in [-0.4, -0.2) is 27.1 Å². The molecular weight excluding hydrogens is 562 g/mol. The fourth-order valence-corrected chi connectivity index (χ4v) is 4.92. The normalized spacial score (nSPS) is 20.0. The van der Waals surface area contributed by atoms with Crippen molar-refractivity contribution >= 4 is 11.5 Å². The summed E-state index contributed by atoms with van der Waals surface area (Å²) in [6, 6.07) is 6.00. The summed E-state index contributed by atoms with van der Waals surface area (Å²) in [4.78, 5) is 10.5. The van der Waals surface area contributed by atoms with E-state index in [1.54, 1.807) is 23.1 Å². The first-order valence-electron chi connectivity index (χ1n) is 11.8. The summed E-state index contributed by atoms with van der Waals surface area (Å²) in [5.74, 6) is -2.24. The molecule has 0 bridgehead atoms. The van der Waals surface area contributed by atoms with Gasteiger partial charge in [-0.2, -0.15) is 26.3 Å². The van der Waals surface area contributed by atoms with E-state index >= 15 is 0 Å². The lowest BCUT2D eigenvalue weighted by Crippen LogP contribution is -2.41. The van der Waals surface area contributed by atoms with E-state index in [1.807, 2.05) is 0 Å². The number of alkyl halides is 6. The number of halogens is 8. The van der Waals surface area contributed by atoms with Crippen molar-refractivity contribution in [3.05, 3.63) is 112 Å². The minimum Gasteiger partial charge on any atom is -0.398 e. The molecule has 6 rings (SSSR count). The smallest absolute Gasteiger partial charge is 0.398 e. The molecule has 2 aliphatic heterocycles. The summed E-state index contributed by atoms with van der Waals surface area (Å²) in [6.07, 6.45) is -3.68. The summed E-state index contributed by atoms with van der Waals surface area (Å²) in [5.41, 5.74) is 1.91. The van der Waals surface area contributed by atoms with Crippen LogP contribution in [-0.2, 0) is 18.9 Å². The molecule has 1 aromatic heterocycles. The van der Waals surface area contributed by atoms with Gasteiger partial charge in [0.05, 0.1) is 40.3 Å². The van der Waals surface area contributed by atoms with E-state index in [2.05, 4.69) is 15.1 Å². The van der Waals surface area contributed by atoms with Gasteiger partial charge in [0.1, 0.15) is 5.69 Å². The van der Waals surface area contributed by atoms with Gasteiger partial charge >= 0.3 is 12.4 Å². The van der Waals surface area contributed by atoms with E-state index in [9.17, 15) is 35.1 Å². The average molecular weight is 577 g/mol. The van der Waals surface area contributed by atoms with Gasteiger partial charge in [-0.3, -0.25) is 0 Å². The van der Waals surface area contributed by atoms with E-state index in [-0.39, 0.29) is 41.2 Å². The maximum absolute atomic E-state index is 14.5. The molecule has 0 saturated heterocycles. The van der Waals surface area contributed by atoms with Crippen LogP contribution in [0.15, 0.2) is 92.8 Å². The number of amidine groups is 1. The van der Waals surface area contributed by atoms with Gasteiger partial charge in [-0.1, -0.05) is 23.4 Å². The van der Waals surface area contributed by atoms with Crippen molar-refractivity contribution in [3.63, 3.8) is 0 Å². The summed E-state index contributed by atoms with van der Waals surface area (Å²) in [6.45, 7) is -0.108. The summed E-state index contributed by atoms with van der Waals surface area (Å²) < 4.78 is 114. The van der Waals surface area contributed by atoms with Crippen molar-refractivity contribution in [2.45, 2.75) is 24.4 Å². The SMILES string of the molecule is NC1=CN(Cc2cc(-c3ccc(C(F)(F)F)cc3C(F)(F)F)no2)C2=CC=CC3=NC(c4cccc(F)c4F)=NC123. The van der Waals surface area contributed by atoms with Crippen LogP contribution < -0.4 is 5.73 Å². The molecule has 0 radical (unpaired) electrons. The number of nitrogens with two attached hydrogens (primary N) is 1. The predicted octanol–water partition coefficient (Wildman–Crippen LogP) is 6.37. The molecule has 3 aromatic rings. The standard InChI is InChI=1S/C27H15F8N5O/c28-18-4-1-3-16(23(18)29)24-37-21-5-2-6-22-25(21,38-24)20(36)12-40(22)11-14-10-19(39-41-14)15-8-7-13(26(30,31)32)9-17(15)27(33,34)35/h1-10,12H,11,36H2. The molecule has 0 amide bonds. The van der Waals surface area contributed by atoms with Gasteiger partial charge in [-0.25, -0.2) is 18.8 Å². The third-order valence-corrected chi connectivity index (χ3v) is 6.78. The zero-order valence-electron chi connectivity index (χ0n) is 20.4. The number of hydrogen-bond acceptors (Lipinski definition) is 6.